The number of rotatable bonds is 22. The van der Waals surface area contributed by atoms with Crippen molar-refractivity contribution in [2.75, 3.05) is 19.6 Å². The van der Waals surface area contributed by atoms with Crippen LogP contribution in [-0.4, -0.2) is 120 Å². The number of ether oxygens (including phenoxy) is 1. The average molecular weight is 1340 g/mol. The minimum absolute atomic E-state index is 0.0490. The van der Waals surface area contributed by atoms with Gasteiger partial charge in [-0.05, 0) is 86.4 Å². The largest absolute Gasteiger partial charge is 0.755 e. The maximum atomic E-state index is 15.7. The number of sulfone groups is 1. The van der Waals surface area contributed by atoms with Crippen LogP contribution in [0.3, 0.4) is 0 Å². The molecule has 3 aromatic heterocycles. The third-order valence-electron chi connectivity index (χ3n) is 14.2. The number of aliphatic carboxylic acids is 1. The summed E-state index contributed by atoms with van der Waals surface area (Å²) in [6, 6.07) is 9.48. The number of carboxylic acids is 1. The molecule has 8 rings (SSSR count). The molecule has 5 atom stereocenters. The van der Waals surface area contributed by atoms with Crippen molar-refractivity contribution in [3.05, 3.63) is 135 Å². The Labute approximate surface area is 504 Å². The fourth-order valence-electron chi connectivity index (χ4n) is 9.99. The van der Waals surface area contributed by atoms with Crippen molar-refractivity contribution in [3.8, 4) is 23.0 Å². The predicted molar refractivity (Wildman–Crippen MR) is 289 cm³/mol. The van der Waals surface area contributed by atoms with E-state index in [0.29, 0.717) is 15.6 Å². The van der Waals surface area contributed by atoms with Crippen LogP contribution in [-0.2, 0) is 87.5 Å². The summed E-state index contributed by atoms with van der Waals surface area (Å²) < 4.78 is 219. The summed E-state index contributed by atoms with van der Waals surface area (Å²) in [7, 11) is -9.20. The molecule has 0 bridgehead atoms. The smallest absolute Gasteiger partial charge is 0.472 e. The van der Waals surface area contributed by atoms with Crippen LogP contribution < -0.4 is 5.32 Å². The molecule has 6 aromatic rings. The third kappa shape index (κ3) is 15.4. The first kappa shape index (κ1) is 67.4. The second-order valence-corrected chi connectivity index (χ2v) is 26.0. The summed E-state index contributed by atoms with van der Waals surface area (Å²) in [5.41, 5.74) is -6.86. The molecule has 2 aliphatic rings. The van der Waals surface area contributed by atoms with E-state index in [9.17, 15) is 81.2 Å². The second-order valence-electron chi connectivity index (χ2n) is 20.9. The molecule has 1 saturated carbocycles. The first-order valence-corrected chi connectivity index (χ1v) is 30.7. The van der Waals surface area contributed by atoms with Gasteiger partial charge < -0.3 is 29.5 Å². The maximum Gasteiger partial charge on any atom is 0.472 e. The van der Waals surface area contributed by atoms with Gasteiger partial charge in [0.2, 0.25) is 18.6 Å². The number of hydrogen-bond donors (Lipinski definition) is 4. The fraction of sp³-hybridized carbons (Fsp3) is 0.377. The van der Waals surface area contributed by atoms with Crippen molar-refractivity contribution in [2.45, 2.75) is 100 Å². The van der Waals surface area contributed by atoms with Crippen molar-refractivity contribution in [1.29, 1.82) is 0 Å². The quantitative estimate of drug-likeness (QED) is 0.0163. The van der Waals surface area contributed by atoms with Gasteiger partial charge in [-0.1, -0.05) is 53.9 Å². The number of pyridine rings is 1. The van der Waals surface area contributed by atoms with Crippen LogP contribution in [0.1, 0.15) is 96.3 Å². The van der Waals surface area contributed by atoms with Crippen LogP contribution in [0.4, 0.5) is 48.7 Å². The Hall–Kier alpha value is -7.51. The van der Waals surface area contributed by atoms with Crippen LogP contribution >= 0.6 is 19.4 Å². The Morgan fingerprint density at radius 3 is 2.22 bits per heavy atom. The summed E-state index contributed by atoms with van der Waals surface area (Å²) in [6.45, 7) is -4.29. The second kappa shape index (κ2) is 25.4. The van der Waals surface area contributed by atoms with E-state index >= 15 is 8.78 Å². The minimum Gasteiger partial charge on any atom is -0.755 e. The molecule has 22 nitrogen and oxygen atoms in total. The minimum atomic E-state index is -5.27. The van der Waals surface area contributed by atoms with E-state index in [2.05, 4.69) is 36.9 Å². The lowest BCUT2D eigenvalue weighted by atomic mass is 9.93. The molecule has 4 N–H and O–H groups in total. The molecule has 0 saturated heterocycles. The Morgan fingerprint density at radius 1 is 0.978 bits per heavy atom. The third-order valence-corrected chi connectivity index (χ3v) is 17.6. The number of aromatic nitrogens is 5. The Bertz CT molecular complexity index is 4030. The summed E-state index contributed by atoms with van der Waals surface area (Å²) in [5, 5.41) is 19.1. The van der Waals surface area contributed by atoms with Crippen LogP contribution in [0.25, 0.3) is 22.0 Å². The summed E-state index contributed by atoms with van der Waals surface area (Å²) >= 11 is 3.09. The SMILES string of the molecule is CC(C)(C#Cc1ccc(-c2ccc(Cl)c3c(CN(C(=O)CCCN(C(=O)OCOP(=O)(O)O)[C@H](C(=O)O)c4ccccc4)S(=O)[O-])nn(CC(F)(F)F)c23)c([C@H](Cc2cc(F)cc(F)c2)NC(=O)Cn2nc(C(F)(F)F)c3c2C(F)(F)[C@@H]2C[C@H]32)n1)S(C)(=O)=O. The van der Waals surface area contributed by atoms with Gasteiger partial charge >= 0.3 is 32.2 Å². The topological polar surface area (TPSA) is 306 Å². The van der Waals surface area contributed by atoms with Gasteiger partial charge in [-0.25, -0.2) is 40.9 Å². The molecule has 478 valence electrons. The number of nitrogens with zero attached hydrogens (tertiary/aromatic N) is 7. The van der Waals surface area contributed by atoms with E-state index < -0.39 is 208 Å². The van der Waals surface area contributed by atoms with E-state index in [0.717, 1.165) is 42.7 Å². The molecule has 3 amide bonds. The molecule has 3 aromatic carbocycles. The lowest BCUT2D eigenvalue weighted by Crippen LogP contribution is -2.41. The number of benzene rings is 3. The van der Waals surface area contributed by atoms with Gasteiger partial charge in [0.25, 0.3) is 5.92 Å². The first-order valence-electron chi connectivity index (χ1n) is 25.9. The van der Waals surface area contributed by atoms with E-state index in [1.54, 1.807) is 0 Å². The summed E-state index contributed by atoms with van der Waals surface area (Å²) in [5.74, 6) is -8.38. The number of carbonyl (C=O) groups excluding carboxylic acids is 3. The molecule has 2 aliphatic carbocycles. The molecule has 0 radical (unpaired) electrons. The highest BCUT2D eigenvalue weighted by Crippen LogP contribution is 2.68. The van der Waals surface area contributed by atoms with Gasteiger partial charge in [-0.2, -0.15) is 45.3 Å². The lowest BCUT2D eigenvalue weighted by molar-refractivity contribution is -0.144. The highest BCUT2D eigenvalue weighted by Gasteiger charge is 2.68. The molecule has 89 heavy (non-hydrogen) atoms. The average Bonchev–Trinajstić information content (AvgIpc) is 1.52. The summed E-state index contributed by atoms with van der Waals surface area (Å²) in [4.78, 5) is 77.2. The highest BCUT2D eigenvalue weighted by molar-refractivity contribution is 7.92. The zero-order valence-corrected chi connectivity index (χ0v) is 49.3. The fourth-order valence-corrected chi connectivity index (χ4v) is 11.2. The monoisotopic (exact) mass is 1340 g/mol. The van der Waals surface area contributed by atoms with Crippen molar-refractivity contribution < 1.29 is 109 Å². The van der Waals surface area contributed by atoms with Gasteiger partial charge in [0.1, 0.15) is 40.9 Å². The van der Waals surface area contributed by atoms with Gasteiger partial charge in [0, 0.05) is 53.3 Å². The number of amides is 3. The van der Waals surface area contributed by atoms with Crippen LogP contribution in [0.15, 0.2) is 72.8 Å². The van der Waals surface area contributed by atoms with Gasteiger partial charge in [0.05, 0.1) is 45.8 Å². The van der Waals surface area contributed by atoms with Crippen LogP contribution in [0.2, 0.25) is 5.02 Å². The van der Waals surface area contributed by atoms with Crippen molar-refractivity contribution in [1.82, 2.24) is 39.1 Å². The number of carboxylic acid groups (broad SMARTS) is 1. The van der Waals surface area contributed by atoms with E-state index in [1.807, 2.05) is 0 Å². The number of halogens is 11. The first-order chi connectivity index (χ1) is 41.3. The zero-order chi connectivity index (χ0) is 65.7. The highest BCUT2D eigenvalue weighted by atomic mass is 35.5. The van der Waals surface area contributed by atoms with E-state index in [4.69, 9.17) is 26.1 Å². The molecular formula is C53H47ClF10N8O14PS2-. The molecule has 1 fully saturated rings. The Kier molecular flexibility index (Phi) is 19.2. The van der Waals surface area contributed by atoms with E-state index in [1.165, 1.54) is 44.2 Å². The van der Waals surface area contributed by atoms with Crippen LogP contribution in [0.5, 0.6) is 0 Å². The number of fused-ring (bicyclic) bond motifs is 4. The molecule has 1 unspecified atom stereocenters. The number of alkyl halides is 8. The van der Waals surface area contributed by atoms with Crippen molar-refractivity contribution in [3.63, 3.8) is 0 Å². The maximum absolute atomic E-state index is 15.7. The van der Waals surface area contributed by atoms with Crippen LogP contribution in [0, 0.1) is 29.4 Å². The molecule has 0 aliphatic heterocycles. The number of nitrogens with one attached hydrogen (secondary N) is 1. The van der Waals surface area contributed by atoms with Gasteiger partial charge in [-0.15, -0.1) is 0 Å². The predicted octanol–water partition coefficient (Wildman–Crippen LogP) is 8.53. The Morgan fingerprint density at radius 2 is 1.63 bits per heavy atom. The van der Waals surface area contributed by atoms with Crippen molar-refractivity contribution in [2.24, 2.45) is 5.92 Å². The van der Waals surface area contributed by atoms with E-state index in [-0.39, 0.29) is 43.4 Å². The number of hydrogen-bond acceptors (Lipinski definition) is 14. The zero-order valence-electron chi connectivity index (χ0n) is 46.0. The normalized spacial score (nSPS) is 16.6. The summed E-state index contributed by atoms with van der Waals surface area (Å²) in [6.07, 6.45) is -13.7. The molecular weight excluding hydrogens is 1290 g/mol. The number of carbonyl (C=O) groups is 4. The molecule has 0 spiro atoms. The number of phosphoric acid groups is 1. The van der Waals surface area contributed by atoms with Crippen molar-refractivity contribution >= 4 is 75.3 Å². The lowest BCUT2D eigenvalue weighted by Gasteiger charge is -2.29. The van der Waals surface area contributed by atoms with Gasteiger partial charge in [-0.3, -0.25) is 32.4 Å². The molecule has 3 heterocycles. The Balaban J connectivity index is 1.23. The number of phosphoric ester groups is 1. The standard InChI is InChI=1S/C53H48ClF10N8O14PS2/c1-50(2,89(3,83)84)16-15-31-11-12-32(43(65-31)37(20-27-18-29(55)21-30(56)19-27)66-39(73)24-70-47-41(46(68-70)53(62,63)64)34-22-35(34)52(47,60)61)33-13-14-36(54)42-38(67-71(45(33)42)25-51(57,58)59)23-72(88(81)82)40(74)10-7-17-69(49(77)85-26-86-87(78,79)80)44(48(75)76)28-8-5-4-6-9-28/h4-6,8-9,11-14,18-19,21,34-35,37,44H,7,10,17,20,22-26H2,1-3H3,(H,66,73)(H,75,76)(H,81,82)(H2,78,79,80)/p-1/t34-,35+,37-,44-/m0/s1. The van der Waals surface area contributed by atoms with Gasteiger partial charge in [0.15, 0.2) is 21.6 Å². The molecule has 36 heteroatoms.